The Morgan fingerprint density at radius 1 is 1.18 bits per heavy atom. The number of rotatable bonds is 2. The van der Waals surface area contributed by atoms with Crippen LogP contribution in [0.15, 0.2) is 18.2 Å². The Bertz CT molecular complexity index is 358. The molecule has 3 N–H and O–H groups in total. The Hall–Kier alpha value is -1.25. The van der Waals surface area contributed by atoms with E-state index in [1.54, 1.807) is 6.07 Å². The molecule has 0 spiro atoms. The van der Waals surface area contributed by atoms with E-state index >= 15 is 0 Å². The maximum absolute atomic E-state index is 13.2. The van der Waals surface area contributed by atoms with E-state index in [9.17, 15) is 4.39 Å². The van der Waals surface area contributed by atoms with E-state index in [0.29, 0.717) is 11.7 Å². The van der Waals surface area contributed by atoms with E-state index in [2.05, 4.69) is 12.2 Å². The molecule has 0 radical (unpaired) electrons. The first-order valence-corrected chi connectivity index (χ1v) is 6.46. The van der Waals surface area contributed by atoms with Gasteiger partial charge in [-0.05, 0) is 43.4 Å². The van der Waals surface area contributed by atoms with Crippen LogP contribution in [0.5, 0.6) is 0 Å². The number of hydrogen-bond donors (Lipinski definition) is 2. The predicted molar refractivity (Wildman–Crippen MR) is 70.5 cm³/mol. The number of nitrogens with two attached hydrogens (primary N) is 1. The third kappa shape index (κ3) is 3.62. The molecular weight excluding hydrogens is 215 g/mol. The van der Waals surface area contributed by atoms with Crippen molar-refractivity contribution in [3.05, 3.63) is 24.0 Å². The van der Waals surface area contributed by atoms with Gasteiger partial charge in [-0.2, -0.15) is 0 Å². The van der Waals surface area contributed by atoms with Gasteiger partial charge >= 0.3 is 0 Å². The average Bonchev–Trinajstić information content (AvgIpc) is 2.42. The molecule has 0 aromatic heterocycles. The van der Waals surface area contributed by atoms with Crippen LogP contribution in [0.2, 0.25) is 0 Å². The summed E-state index contributed by atoms with van der Waals surface area (Å²) in [7, 11) is 0. The first-order chi connectivity index (χ1) is 8.13. The van der Waals surface area contributed by atoms with Gasteiger partial charge in [-0.25, -0.2) is 4.39 Å². The van der Waals surface area contributed by atoms with Crippen LogP contribution in [0, 0.1) is 11.7 Å². The van der Waals surface area contributed by atoms with Crippen molar-refractivity contribution in [2.24, 2.45) is 5.92 Å². The smallest absolute Gasteiger partial charge is 0.127 e. The maximum atomic E-state index is 13.2. The minimum absolute atomic E-state index is 0.269. The lowest BCUT2D eigenvalue weighted by Crippen LogP contribution is -2.18. The molecule has 2 unspecified atom stereocenters. The summed E-state index contributed by atoms with van der Waals surface area (Å²) in [6.07, 6.45) is 6.15. The highest BCUT2D eigenvalue weighted by atomic mass is 19.1. The molecule has 0 amide bonds. The second kappa shape index (κ2) is 5.39. The summed E-state index contributed by atoms with van der Waals surface area (Å²) in [5.41, 5.74) is 6.93. The van der Waals surface area contributed by atoms with Crippen molar-refractivity contribution in [1.29, 1.82) is 0 Å². The lowest BCUT2D eigenvalue weighted by atomic mass is 10.0. The van der Waals surface area contributed by atoms with Crippen molar-refractivity contribution in [1.82, 2.24) is 0 Å². The lowest BCUT2D eigenvalue weighted by Gasteiger charge is -2.18. The highest BCUT2D eigenvalue weighted by Crippen LogP contribution is 2.25. The first kappa shape index (κ1) is 12.2. The Labute approximate surface area is 102 Å². The van der Waals surface area contributed by atoms with Crippen LogP contribution in [0.4, 0.5) is 15.8 Å². The molecule has 2 nitrogen and oxygen atoms in total. The van der Waals surface area contributed by atoms with E-state index in [4.69, 9.17) is 5.73 Å². The minimum atomic E-state index is -0.269. The molecule has 1 aliphatic carbocycles. The zero-order chi connectivity index (χ0) is 12.3. The largest absolute Gasteiger partial charge is 0.399 e. The van der Waals surface area contributed by atoms with Gasteiger partial charge < -0.3 is 11.1 Å². The zero-order valence-corrected chi connectivity index (χ0v) is 10.4. The minimum Gasteiger partial charge on any atom is -0.399 e. The lowest BCUT2D eigenvalue weighted by molar-refractivity contribution is 0.502. The molecule has 0 heterocycles. The van der Waals surface area contributed by atoms with E-state index in [0.717, 1.165) is 18.0 Å². The van der Waals surface area contributed by atoms with E-state index in [1.165, 1.54) is 37.8 Å². The van der Waals surface area contributed by atoms with Gasteiger partial charge in [0.1, 0.15) is 5.82 Å². The van der Waals surface area contributed by atoms with Gasteiger partial charge in [0.2, 0.25) is 0 Å². The molecular formula is C14H21FN2. The summed E-state index contributed by atoms with van der Waals surface area (Å²) >= 11 is 0. The van der Waals surface area contributed by atoms with Crippen LogP contribution in [-0.2, 0) is 0 Å². The standard InChI is InChI=1S/C14H21FN2/c1-10-3-2-4-13(6-5-10)17-14-8-11(15)7-12(16)9-14/h7-10,13,17H,2-6,16H2,1H3. The monoisotopic (exact) mass is 236 g/mol. The van der Waals surface area contributed by atoms with Crippen LogP contribution < -0.4 is 11.1 Å². The second-order valence-electron chi connectivity index (χ2n) is 5.23. The van der Waals surface area contributed by atoms with Gasteiger partial charge in [0.15, 0.2) is 0 Å². The number of halogens is 1. The molecule has 0 bridgehead atoms. The normalized spacial score (nSPS) is 25.3. The number of benzene rings is 1. The fourth-order valence-corrected chi connectivity index (χ4v) is 2.56. The zero-order valence-electron chi connectivity index (χ0n) is 10.4. The SMILES string of the molecule is CC1CCCC(Nc2cc(N)cc(F)c2)CC1. The third-order valence-electron chi connectivity index (χ3n) is 3.55. The molecule has 1 fully saturated rings. The molecule has 1 saturated carbocycles. The maximum Gasteiger partial charge on any atom is 0.127 e. The summed E-state index contributed by atoms with van der Waals surface area (Å²) in [5, 5.41) is 3.40. The van der Waals surface area contributed by atoms with E-state index in [1.807, 2.05) is 0 Å². The predicted octanol–water partition coefficient (Wildman–Crippen LogP) is 3.79. The van der Waals surface area contributed by atoms with Crippen LogP contribution >= 0.6 is 0 Å². The number of anilines is 2. The van der Waals surface area contributed by atoms with Gasteiger partial charge in [-0.15, -0.1) is 0 Å². The van der Waals surface area contributed by atoms with Crippen LogP contribution in [-0.4, -0.2) is 6.04 Å². The summed E-state index contributed by atoms with van der Waals surface area (Å²) < 4.78 is 13.2. The van der Waals surface area contributed by atoms with Crippen LogP contribution in [0.1, 0.15) is 39.0 Å². The molecule has 2 atom stereocenters. The Balaban J connectivity index is 1.99. The summed E-state index contributed by atoms with van der Waals surface area (Å²) in [5.74, 6) is 0.550. The molecule has 1 aliphatic rings. The highest BCUT2D eigenvalue weighted by molar-refractivity contribution is 5.55. The Kier molecular flexibility index (Phi) is 3.87. The van der Waals surface area contributed by atoms with Gasteiger partial charge in [-0.3, -0.25) is 0 Å². The molecule has 0 saturated heterocycles. The number of hydrogen-bond acceptors (Lipinski definition) is 2. The molecule has 1 aromatic rings. The molecule has 1 aromatic carbocycles. The summed E-state index contributed by atoms with van der Waals surface area (Å²) in [6.45, 7) is 2.31. The molecule has 2 rings (SSSR count). The third-order valence-corrected chi connectivity index (χ3v) is 3.55. The van der Waals surface area contributed by atoms with Gasteiger partial charge in [0.05, 0.1) is 0 Å². The van der Waals surface area contributed by atoms with Crippen LogP contribution in [0.25, 0.3) is 0 Å². The fourth-order valence-electron chi connectivity index (χ4n) is 2.56. The Morgan fingerprint density at radius 3 is 2.76 bits per heavy atom. The fraction of sp³-hybridized carbons (Fsp3) is 0.571. The number of nitrogens with one attached hydrogen (secondary N) is 1. The Morgan fingerprint density at radius 2 is 2.00 bits per heavy atom. The molecule has 94 valence electrons. The summed E-state index contributed by atoms with van der Waals surface area (Å²) in [4.78, 5) is 0. The molecule has 0 aliphatic heterocycles. The van der Waals surface area contributed by atoms with Gasteiger partial charge in [0.25, 0.3) is 0 Å². The second-order valence-corrected chi connectivity index (χ2v) is 5.23. The van der Waals surface area contributed by atoms with Crippen molar-refractivity contribution in [3.8, 4) is 0 Å². The van der Waals surface area contributed by atoms with Crippen molar-refractivity contribution >= 4 is 11.4 Å². The van der Waals surface area contributed by atoms with Crippen LogP contribution in [0.3, 0.4) is 0 Å². The van der Waals surface area contributed by atoms with Crippen molar-refractivity contribution in [2.75, 3.05) is 11.1 Å². The topological polar surface area (TPSA) is 38.0 Å². The summed E-state index contributed by atoms with van der Waals surface area (Å²) in [6, 6.07) is 5.13. The quantitative estimate of drug-likeness (QED) is 0.605. The van der Waals surface area contributed by atoms with Crippen molar-refractivity contribution in [3.63, 3.8) is 0 Å². The van der Waals surface area contributed by atoms with Gasteiger partial charge in [-0.1, -0.05) is 19.8 Å². The van der Waals surface area contributed by atoms with E-state index < -0.39 is 0 Å². The van der Waals surface area contributed by atoms with Gasteiger partial charge in [0, 0.05) is 17.4 Å². The van der Waals surface area contributed by atoms with Crippen molar-refractivity contribution in [2.45, 2.75) is 45.1 Å². The van der Waals surface area contributed by atoms with E-state index in [-0.39, 0.29) is 5.82 Å². The average molecular weight is 236 g/mol. The molecule has 3 heteroatoms. The molecule has 17 heavy (non-hydrogen) atoms. The highest BCUT2D eigenvalue weighted by Gasteiger charge is 2.16. The number of nitrogen functional groups attached to an aromatic ring is 1. The first-order valence-electron chi connectivity index (χ1n) is 6.46. The van der Waals surface area contributed by atoms with Crippen molar-refractivity contribution < 1.29 is 4.39 Å².